The van der Waals surface area contributed by atoms with Crippen molar-refractivity contribution in [2.24, 2.45) is 0 Å². The van der Waals surface area contributed by atoms with Crippen LogP contribution in [0.1, 0.15) is 32.8 Å². The molecule has 3 heteroatoms. The van der Waals surface area contributed by atoms with Gasteiger partial charge < -0.3 is 10.1 Å². The number of ether oxygens (including phenoxy) is 1. The van der Waals surface area contributed by atoms with Crippen molar-refractivity contribution in [1.82, 2.24) is 5.32 Å². The predicted molar refractivity (Wildman–Crippen MR) is 76.9 cm³/mol. The van der Waals surface area contributed by atoms with Gasteiger partial charge in [-0.05, 0) is 43.6 Å². The predicted octanol–water partition coefficient (Wildman–Crippen LogP) is 3.73. The smallest absolute Gasteiger partial charge is 0.123 e. The van der Waals surface area contributed by atoms with E-state index >= 15 is 0 Å². The van der Waals surface area contributed by atoms with Crippen molar-refractivity contribution in [2.45, 2.75) is 32.6 Å². The van der Waals surface area contributed by atoms with Crippen LogP contribution in [-0.4, -0.2) is 20.2 Å². The van der Waals surface area contributed by atoms with Gasteiger partial charge in [-0.1, -0.05) is 36.7 Å². The van der Waals surface area contributed by atoms with Gasteiger partial charge in [0.05, 0.1) is 6.61 Å². The number of nitrogens with one attached hydrogen (secondary N) is 1. The van der Waals surface area contributed by atoms with Crippen LogP contribution in [0, 0.1) is 0 Å². The van der Waals surface area contributed by atoms with E-state index in [4.69, 9.17) is 4.74 Å². The van der Waals surface area contributed by atoms with E-state index < -0.39 is 0 Å². The molecular weight excluding hydrogens is 278 g/mol. The quantitative estimate of drug-likeness (QED) is 0.837. The van der Waals surface area contributed by atoms with E-state index in [1.165, 1.54) is 5.56 Å². The van der Waals surface area contributed by atoms with Crippen molar-refractivity contribution in [3.63, 3.8) is 0 Å². The van der Waals surface area contributed by atoms with Crippen molar-refractivity contribution < 1.29 is 4.74 Å². The second kappa shape index (κ2) is 6.41. The zero-order chi connectivity index (χ0) is 12.9. The van der Waals surface area contributed by atoms with Gasteiger partial charge in [0.25, 0.3) is 0 Å². The number of hydrogen-bond donors (Lipinski definition) is 1. The van der Waals surface area contributed by atoms with E-state index in [0.717, 1.165) is 29.8 Å². The molecule has 0 heterocycles. The highest BCUT2D eigenvalue weighted by atomic mass is 79.9. The molecule has 2 nitrogen and oxygen atoms in total. The number of halogens is 1. The fourth-order valence-electron chi connectivity index (χ4n) is 1.65. The van der Waals surface area contributed by atoms with Crippen LogP contribution in [0.2, 0.25) is 0 Å². The normalized spacial score (nSPS) is 11.6. The lowest BCUT2D eigenvalue weighted by atomic mass is 9.86. The fourth-order valence-corrected chi connectivity index (χ4v) is 2.01. The molecule has 0 fully saturated rings. The Bertz CT molecular complexity index is 358. The summed E-state index contributed by atoms with van der Waals surface area (Å²) in [6.07, 6.45) is 1.02. The van der Waals surface area contributed by atoms with Crippen molar-refractivity contribution in [2.75, 3.05) is 20.2 Å². The molecular formula is C14H22BrNO. The summed E-state index contributed by atoms with van der Waals surface area (Å²) in [6.45, 7) is 8.35. The molecule has 17 heavy (non-hydrogen) atoms. The Morgan fingerprint density at radius 3 is 2.59 bits per heavy atom. The first kappa shape index (κ1) is 14.5. The Kier molecular flexibility index (Phi) is 5.47. The van der Waals surface area contributed by atoms with Crippen LogP contribution < -0.4 is 10.1 Å². The number of rotatable bonds is 5. The molecule has 0 saturated heterocycles. The maximum absolute atomic E-state index is 5.86. The summed E-state index contributed by atoms with van der Waals surface area (Å²) in [5.41, 5.74) is 1.35. The molecule has 1 rings (SSSR count). The third-order valence-electron chi connectivity index (χ3n) is 2.58. The van der Waals surface area contributed by atoms with Crippen molar-refractivity contribution in [1.29, 1.82) is 0 Å². The Balaban J connectivity index is 2.77. The number of benzene rings is 1. The first-order valence-electron chi connectivity index (χ1n) is 6.02. The zero-order valence-electron chi connectivity index (χ0n) is 11.1. The molecule has 0 amide bonds. The number of hydrogen-bond acceptors (Lipinski definition) is 2. The third kappa shape index (κ3) is 4.68. The highest BCUT2D eigenvalue weighted by Crippen LogP contribution is 2.33. The van der Waals surface area contributed by atoms with Crippen LogP contribution in [0.3, 0.4) is 0 Å². The van der Waals surface area contributed by atoms with Gasteiger partial charge in [-0.3, -0.25) is 0 Å². The molecule has 0 saturated carbocycles. The summed E-state index contributed by atoms with van der Waals surface area (Å²) < 4.78 is 6.96. The lowest BCUT2D eigenvalue weighted by Crippen LogP contribution is -2.15. The van der Waals surface area contributed by atoms with Crippen LogP contribution in [0.15, 0.2) is 22.7 Å². The topological polar surface area (TPSA) is 21.3 Å². The first-order valence-corrected chi connectivity index (χ1v) is 6.82. The molecule has 1 aromatic carbocycles. The highest BCUT2D eigenvalue weighted by molar-refractivity contribution is 9.10. The second-order valence-corrected chi connectivity index (χ2v) is 6.11. The lowest BCUT2D eigenvalue weighted by molar-refractivity contribution is 0.301. The van der Waals surface area contributed by atoms with Gasteiger partial charge in [0.1, 0.15) is 5.75 Å². The minimum atomic E-state index is 0.0993. The van der Waals surface area contributed by atoms with Gasteiger partial charge in [0.15, 0.2) is 0 Å². The van der Waals surface area contributed by atoms with Gasteiger partial charge in [0.2, 0.25) is 0 Å². The molecule has 0 atom stereocenters. The van der Waals surface area contributed by atoms with Crippen LogP contribution in [-0.2, 0) is 5.41 Å². The van der Waals surface area contributed by atoms with Crippen molar-refractivity contribution in [3.05, 3.63) is 28.2 Å². The van der Waals surface area contributed by atoms with E-state index in [2.05, 4.69) is 48.1 Å². The average Bonchev–Trinajstić information content (AvgIpc) is 2.25. The summed E-state index contributed by atoms with van der Waals surface area (Å²) >= 11 is 3.52. The Morgan fingerprint density at radius 1 is 1.29 bits per heavy atom. The third-order valence-corrected chi connectivity index (χ3v) is 3.07. The lowest BCUT2D eigenvalue weighted by Gasteiger charge is -2.23. The van der Waals surface area contributed by atoms with Gasteiger partial charge >= 0.3 is 0 Å². The molecule has 1 N–H and O–H groups in total. The zero-order valence-corrected chi connectivity index (χ0v) is 12.7. The molecule has 0 aliphatic rings. The molecule has 0 unspecified atom stereocenters. The maximum Gasteiger partial charge on any atom is 0.123 e. The molecule has 0 aliphatic carbocycles. The van der Waals surface area contributed by atoms with Gasteiger partial charge in [-0.15, -0.1) is 0 Å². The Morgan fingerprint density at radius 2 is 2.00 bits per heavy atom. The van der Waals surface area contributed by atoms with Crippen molar-refractivity contribution >= 4 is 15.9 Å². The summed E-state index contributed by atoms with van der Waals surface area (Å²) in [5.74, 6) is 0.997. The molecule has 0 bridgehead atoms. The molecule has 96 valence electrons. The molecule has 0 spiro atoms. The highest BCUT2D eigenvalue weighted by Gasteiger charge is 2.19. The van der Waals surface area contributed by atoms with Crippen molar-refractivity contribution in [3.8, 4) is 5.75 Å². The molecule has 0 aromatic heterocycles. The fraction of sp³-hybridized carbons (Fsp3) is 0.571. The Hall–Kier alpha value is -0.540. The average molecular weight is 300 g/mol. The van der Waals surface area contributed by atoms with E-state index in [0.29, 0.717) is 0 Å². The largest absolute Gasteiger partial charge is 0.493 e. The summed E-state index contributed by atoms with van der Waals surface area (Å²) in [5, 5.41) is 3.12. The van der Waals surface area contributed by atoms with E-state index in [1.54, 1.807) is 0 Å². The van der Waals surface area contributed by atoms with E-state index in [1.807, 2.05) is 19.2 Å². The second-order valence-electron chi connectivity index (χ2n) is 5.20. The van der Waals surface area contributed by atoms with Crippen LogP contribution >= 0.6 is 15.9 Å². The van der Waals surface area contributed by atoms with E-state index in [9.17, 15) is 0 Å². The molecule has 0 radical (unpaired) electrons. The molecule has 1 aromatic rings. The molecule has 0 aliphatic heterocycles. The van der Waals surface area contributed by atoms with E-state index in [-0.39, 0.29) is 5.41 Å². The summed E-state index contributed by atoms with van der Waals surface area (Å²) in [6, 6.07) is 6.22. The maximum atomic E-state index is 5.86. The van der Waals surface area contributed by atoms with Gasteiger partial charge in [0, 0.05) is 10.0 Å². The van der Waals surface area contributed by atoms with Crippen LogP contribution in [0.25, 0.3) is 0 Å². The minimum absolute atomic E-state index is 0.0993. The first-order chi connectivity index (χ1) is 7.95. The monoisotopic (exact) mass is 299 g/mol. The Labute approximate surface area is 113 Å². The SMILES string of the molecule is CNCCCOc1ccc(Br)cc1C(C)(C)C. The minimum Gasteiger partial charge on any atom is -0.493 e. The van der Waals surface area contributed by atoms with Crippen LogP contribution in [0.4, 0.5) is 0 Å². The summed E-state index contributed by atoms with van der Waals surface area (Å²) in [4.78, 5) is 0. The van der Waals surface area contributed by atoms with Gasteiger partial charge in [-0.2, -0.15) is 0 Å². The van der Waals surface area contributed by atoms with Crippen LogP contribution in [0.5, 0.6) is 5.75 Å². The van der Waals surface area contributed by atoms with Gasteiger partial charge in [-0.25, -0.2) is 0 Å². The standard InChI is InChI=1S/C14H22BrNO/c1-14(2,3)12-10-11(15)6-7-13(12)17-9-5-8-16-4/h6-7,10,16H,5,8-9H2,1-4H3. The summed E-state index contributed by atoms with van der Waals surface area (Å²) in [7, 11) is 1.96.